The number of amides is 1. The van der Waals surface area contributed by atoms with Crippen molar-refractivity contribution in [2.24, 2.45) is 5.73 Å². The zero-order valence-corrected chi connectivity index (χ0v) is 10.1. The second-order valence-electron chi connectivity index (χ2n) is 3.73. The summed E-state index contributed by atoms with van der Waals surface area (Å²) >= 11 is 0. The molecule has 1 aromatic rings. The van der Waals surface area contributed by atoms with E-state index in [1.807, 2.05) is 6.92 Å². The lowest BCUT2D eigenvalue weighted by molar-refractivity contribution is 0.100. The van der Waals surface area contributed by atoms with Crippen LogP contribution in [0.1, 0.15) is 23.7 Å². The van der Waals surface area contributed by atoms with E-state index in [0.29, 0.717) is 12.4 Å². The van der Waals surface area contributed by atoms with Crippen molar-refractivity contribution in [1.82, 2.24) is 4.98 Å². The van der Waals surface area contributed by atoms with Gasteiger partial charge in [-0.05, 0) is 12.5 Å². The largest absolute Gasteiger partial charge is 0.397 e. The van der Waals surface area contributed by atoms with E-state index in [4.69, 9.17) is 16.2 Å². The van der Waals surface area contributed by atoms with Gasteiger partial charge in [0, 0.05) is 7.11 Å². The first-order valence-electron chi connectivity index (χ1n) is 5.39. The zero-order valence-electron chi connectivity index (χ0n) is 10.1. The average molecular weight is 238 g/mol. The number of hydrogen-bond acceptors (Lipinski definition) is 5. The Bertz CT molecular complexity index is 395. The van der Waals surface area contributed by atoms with E-state index in [1.54, 1.807) is 13.2 Å². The van der Waals surface area contributed by atoms with Crippen molar-refractivity contribution < 1.29 is 9.53 Å². The second-order valence-corrected chi connectivity index (χ2v) is 3.73. The van der Waals surface area contributed by atoms with Gasteiger partial charge in [0.05, 0.1) is 30.1 Å². The predicted molar refractivity (Wildman–Crippen MR) is 66.7 cm³/mol. The van der Waals surface area contributed by atoms with Gasteiger partial charge in [-0.15, -0.1) is 0 Å². The zero-order chi connectivity index (χ0) is 12.8. The van der Waals surface area contributed by atoms with E-state index in [1.165, 1.54) is 6.20 Å². The number of nitrogens with one attached hydrogen (secondary N) is 1. The highest BCUT2D eigenvalue weighted by molar-refractivity contribution is 5.98. The van der Waals surface area contributed by atoms with E-state index in [0.717, 1.165) is 6.42 Å². The number of rotatable bonds is 6. The van der Waals surface area contributed by atoms with Crippen molar-refractivity contribution in [3.8, 4) is 0 Å². The Balaban J connectivity index is 2.84. The van der Waals surface area contributed by atoms with E-state index in [-0.39, 0.29) is 17.3 Å². The number of nitrogen functional groups attached to an aromatic ring is 1. The molecule has 0 aliphatic rings. The summed E-state index contributed by atoms with van der Waals surface area (Å²) in [5.41, 5.74) is 11.4. The van der Waals surface area contributed by atoms with Crippen LogP contribution in [0.25, 0.3) is 0 Å². The number of ether oxygens (including phenoxy) is 1. The molecule has 0 aliphatic heterocycles. The fourth-order valence-electron chi connectivity index (χ4n) is 1.43. The van der Waals surface area contributed by atoms with Crippen molar-refractivity contribution in [1.29, 1.82) is 0 Å². The molecule has 1 rings (SSSR count). The quantitative estimate of drug-likeness (QED) is 0.673. The van der Waals surface area contributed by atoms with Crippen molar-refractivity contribution in [3.63, 3.8) is 0 Å². The number of hydrogen-bond donors (Lipinski definition) is 3. The fourth-order valence-corrected chi connectivity index (χ4v) is 1.43. The predicted octanol–water partition coefficient (Wildman–Crippen LogP) is 0.600. The first-order valence-corrected chi connectivity index (χ1v) is 5.39. The number of primary amides is 1. The molecule has 94 valence electrons. The molecule has 0 radical (unpaired) electrons. The summed E-state index contributed by atoms with van der Waals surface area (Å²) in [7, 11) is 1.63. The van der Waals surface area contributed by atoms with E-state index < -0.39 is 5.91 Å². The summed E-state index contributed by atoms with van der Waals surface area (Å²) < 4.78 is 5.06. The average Bonchev–Trinajstić information content (AvgIpc) is 2.30. The molecule has 0 spiro atoms. The van der Waals surface area contributed by atoms with Crippen molar-refractivity contribution in [2.75, 3.05) is 24.8 Å². The van der Waals surface area contributed by atoms with Gasteiger partial charge in [-0.25, -0.2) is 4.98 Å². The van der Waals surface area contributed by atoms with E-state index in [9.17, 15) is 4.79 Å². The third-order valence-electron chi connectivity index (χ3n) is 2.41. The standard InChI is InChI=1S/C11H18N4O2/c1-3-7(6-17-2)15-10-4-8(11(13)16)9(12)5-14-10/h4-5,7H,3,6,12H2,1-2H3,(H2,13,16)(H,14,15). The lowest BCUT2D eigenvalue weighted by Gasteiger charge is -2.17. The number of nitrogens with zero attached hydrogens (tertiary/aromatic N) is 1. The van der Waals surface area contributed by atoms with Gasteiger partial charge in [0.25, 0.3) is 5.91 Å². The van der Waals surface area contributed by atoms with Gasteiger partial charge in [0.15, 0.2) is 0 Å². The number of anilines is 2. The van der Waals surface area contributed by atoms with Crippen LogP contribution < -0.4 is 16.8 Å². The SMILES string of the molecule is CCC(COC)Nc1cc(C(N)=O)c(N)cn1. The van der Waals surface area contributed by atoms with Crippen LogP contribution >= 0.6 is 0 Å². The molecule has 5 N–H and O–H groups in total. The molecule has 0 saturated carbocycles. The number of carbonyl (C=O) groups excluding carboxylic acids is 1. The molecular weight excluding hydrogens is 220 g/mol. The summed E-state index contributed by atoms with van der Waals surface area (Å²) in [5, 5.41) is 3.15. The number of aromatic nitrogens is 1. The molecule has 17 heavy (non-hydrogen) atoms. The number of carbonyl (C=O) groups is 1. The van der Waals surface area contributed by atoms with Crippen molar-refractivity contribution in [2.45, 2.75) is 19.4 Å². The van der Waals surface area contributed by atoms with Crippen LogP contribution in [0.2, 0.25) is 0 Å². The third-order valence-corrected chi connectivity index (χ3v) is 2.41. The highest BCUT2D eigenvalue weighted by atomic mass is 16.5. The fraction of sp³-hybridized carbons (Fsp3) is 0.455. The molecule has 1 atom stereocenters. The van der Waals surface area contributed by atoms with E-state index in [2.05, 4.69) is 10.3 Å². The first-order chi connectivity index (χ1) is 8.08. The topological polar surface area (TPSA) is 103 Å². The minimum absolute atomic E-state index is 0.136. The number of pyridine rings is 1. The molecule has 0 bridgehead atoms. The molecule has 6 nitrogen and oxygen atoms in total. The van der Waals surface area contributed by atoms with Gasteiger partial charge in [0.2, 0.25) is 0 Å². The second kappa shape index (κ2) is 6.05. The van der Waals surface area contributed by atoms with Crippen molar-refractivity contribution >= 4 is 17.4 Å². The molecule has 1 heterocycles. The van der Waals surface area contributed by atoms with Gasteiger partial charge in [0.1, 0.15) is 5.82 Å². The molecule has 0 saturated heterocycles. The van der Waals surface area contributed by atoms with Gasteiger partial charge < -0.3 is 21.5 Å². The third kappa shape index (κ3) is 3.60. The first kappa shape index (κ1) is 13.2. The Morgan fingerprint density at radius 3 is 2.88 bits per heavy atom. The maximum atomic E-state index is 11.1. The van der Waals surface area contributed by atoms with Crippen LogP contribution in [0.4, 0.5) is 11.5 Å². The summed E-state index contributed by atoms with van der Waals surface area (Å²) in [6.07, 6.45) is 2.30. The lowest BCUT2D eigenvalue weighted by atomic mass is 10.2. The molecule has 1 unspecified atom stereocenters. The van der Waals surface area contributed by atoms with Crippen LogP contribution in [-0.2, 0) is 4.74 Å². The molecule has 0 aromatic carbocycles. The Morgan fingerprint density at radius 1 is 1.65 bits per heavy atom. The minimum Gasteiger partial charge on any atom is -0.397 e. The highest BCUT2D eigenvalue weighted by Gasteiger charge is 2.10. The number of methoxy groups -OCH3 is 1. The molecule has 1 aromatic heterocycles. The summed E-state index contributed by atoms with van der Waals surface area (Å²) in [5.74, 6) is 0.00430. The summed E-state index contributed by atoms with van der Waals surface area (Å²) in [6, 6.07) is 1.69. The lowest BCUT2D eigenvalue weighted by Crippen LogP contribution is -2.25. The van der Waals surface area contributed by atoms with E-state index >= 15 is 0 Å². The Labute approximate surface area is 100 Å². The van der Waals surface area contributed by atoms with Gasteiger partial charge in [-0.2, -0.15) is 0 Å². The monoisotopic (exact) mass is 238 g/mol. The summed E-state index contributed by atoms with van der Waals surface area (Å²) in [4.78, 5) is 15.2. The Morgan fingerprint density at radius 2 is 2.35 bits per heavy atom. The molecule has 1 amide bonds. The van der Waals surface area contributed by atoms with Gasteiger partial charge >= 0.3 is 0 Å². The minimum atomic E-state index is -0.562. The van der Waals surface area contributed by atoms with Crippen LogP contribution in [0, 0.1) is 0 Å². The maximum Gasteiger partial charge on any atom is 0.250 e. The van der Waals surface area contributed by atoms with Crippen molar-refractivity contribution in [3.05, 3.63) is 17.8 Å². The van der Waals surface area contributed by atoms with Crippen LogP contribution in [0.3, 0.4) is 0 Å². The smallest absolute Gasteiger partial charge is 0.250 e. The van der Waals surface area contributed by atoms with Gasteiger partial charge in [-0.3, -0.25) is 4.79 Å². The Kier molecular flexibility index (Phi) is 4.71. The molecule has 6 heteroatoms. The van der Waals surface area contributed by atoms with Crippen LogP contribution in [-0.4, -0.2) is 30.6 Å². The molecular formula is C11H18N4O2. The Hall–Kier alpha value is -1.82. The maximum absolute atomic E-state index is 11.1. The number of nitrogens with two attached hydrogens (primary N) is 2. The van der Waals surface area contributed by atoms with Crippen LogP contribution in [0.5, 0.6) is 0 Å². The summed E-state index contributed by atoms with van der Waals surface area (Å²) in [6.45, 7) is 2.59. The highest BCUT2D eigenvalue weighted by Crippen LogP contribution is 2.15. The molecule has 0 fully saturated rings. The van der Waals surface area contributed by atoms with Gasteiger partial charge in [-0.1, -0.05) is 6.92 Å². The molecule has 0 aliphatic carbocycles. The van der Waals surface area contributed by atoms with Crippen LogP contribution in [0.15, 0.2) is 12.3 Å². The normalized spacial score (nSPS) is 12.1.